The molecule has 0 spiro atoms. The Morgan fingerprint density at radius 3 is 2.56 bits per heavy atom. The Hall–Kier alpha value is -0.740. The maximum atomic E-state index is 11.4. The zero-order valence-corrected chi connectivity index (χ0v) is 12.0. The van der Waals surface area contributed by atoms with E-state index in [1.54, 1.807) is 12.1 Å². The maximum Gasteiger partial charge on any atom is 0.175 e. The Morgan fingerprint density at radius 1 is 1.33 bits per heavy atom. The third-order valence-corrected chi connectivity index (χ3v) is 4.76. The van der Waals surface area contributed by atoms with Crippen molar-refractivity contribution in [1.82, 2.24) is 0 Å². The molecule has 100 valence electrons. The van der Waals surface area contributed by atoms with Crippen LogP contribution in [0.15, 0.2) is 29.2 Å². The van der Waals surface area contributed by atoms with Crippen LogP contribution in [0.3, 0.4) is 0 Å². The molecule has 18 heavy (non-hydrogen) atoms. The molecule has 1 atom stereocenters. The average Bonchev–Trinajstić information content (AvgIpc) is 2.77. The number of rotatable bonds is 4. The van der Waals surface area contributed by atoms with Gasteiger partial charge < -0.3 is 4.90 Å². The molecule has 3 nitrogen and oxygen atoms in total. The minimum absolute atomic E-state index is 0.374. The van der Waals surface area contributed by atoms with Gasteiger partial charge in [0, 0.05) is 30.4 Å². The largest absolute Gasteiger partial charge is 0.369 e. The summed E-state index contributed by atoms with van der Waals surface area (Å²) in [5.41, 5.74) is 1.09. The molecule has 1 saturated heterocycles. The molecular formula is C13H18ClNO2S. The van der Waals surface area contributed by atoms with Gasteiger partial charge in [0.1, 0.15) is 0 Å². The first-order chi connectivity index (χ1) is 8.52. The second kappa shape index (κ2) is 5.49. The van der Waals surface area contributed by atoms with E-state index in [1.165, 1.54) is 19.1 Å². The Kier molecular flexibility index (Phi) is 4.17. The minimum Gasteiger partial charge on any atom is -0.369 e. The summed E-state index contributed by atoms with van der Waals surface area (Å²) in [6.45, 7) is 1.03. The lowest BCUT2D eigenvalue weighted by Gasteiger charge is -2.26. The van der Waals surface area contributed by atoms with Crippen molar-refractivity contribution in [2.45, 2.75) is 30.2 Å². The van der Waals surface area contributed by atoms with E-state index in [1.807, 2.05) is 12.1 Å². The molecule has 1 fully saturated rings. The highest BCUT2D eigenvalue weighted by Crippen LogP contribution is 2.28. The quantitative estimate of drug-likeness (QED) is 0.799. The first-order valence-electron chi connectivity index (χ1n) is 6.15. The molecule has 1 aliphatic heterocycles. The smallest absolute Gasteiger partial charge is 0.175 e. The number of sulfone groups is 1. The van der Waals surface area contributed by atoms with Gasteiger partial charge in [0.05, 0.1) is 4.90 Å². The van der Waals surface area contributed by atoms with Crippen LogP contribution in [0, 0.1) is 0 Å². The molecule has 0 aromatic heterocycles. The second-order valence-electron chi connectivity index (χ2n) is 4.73. The third kappa shape index (κ3) is 2.98. The molecule has 1 heterocycles. The Labute approximate surface area is 114 Å². The highest BCUT2D eigenvalue weighted by atomic mass is 35.5. The molecular weight excluding hydrogens is 270 g/mol. The number of hydrogen-bond donors (Lipinski definition) is 0. The average molecular weight is 288 g/mol. The summed E-state index contributed by atoms with van der Waals surface area (Å²) < 4.78 is 22.8. The van der Waals surface area contributed by atoms with Crippen LogP contribution in [-0.4, -0.2) is 33.1 Å². The highest BCUT2D eigenvalue weighted by Gasteiger charge is 2.24. The number of halogens is 1. The summed E-state index contributed by atoms with van der Waals surface area (Å²) in [7, 11) is -3.11. The summed E-state index contributed by atoms with van der Waals surface area (Å²) in [6, 6.07) is 7.64. The monoisotopic (exact) mass is 287 g/mol. The summed E-state index contributed by atoms with van der Waals surface area (Å²) in [6.07, 6.45) is 4.56. The van der Waals surface area contributed by atoms with Gasteiger partial charge in [-0.25, -0.2) is 8.42 Å². The fraction of sp³-hybridized carbons (Fsp3) is 0.538. The molecule has 0 bridgehead atoms. The Balaban J connectivity index is 2.19. The van der Waals surface area contributed by atoms with Gasteiger partial charge in [-0.15, -0.1) is 11.6 Å². The molecule has 0 aliphatic carbocycles. The third-order valence-electron chi connectivity index (χ3n) is 3.42. The second-order valence-corrected chi connectivity index (χ2v) is 7.13. The van der Waals surface area contributed by atoms with Crippen LogP contribution in [0.5, 0.6) is 0 Å². The molecule has 0 N–H and O–H groups in total. The van der Waals surface area contributed by atoms with E-state index >= 15 is 0 Å². The minimum atomic E-state index is -3.11. The molecule has 0 saturated carbocycles. The summed E-state index contributed by atoms with van der Waals surface area (Å²) in [5, 5.41) is 0. The molecule has 0 radical (unpaired) electrons. The van der Waals surface area contributed by atoms with E-state index in [4.69, 9.17) is 11.6 Å². The first kappa shape index (κ1) is 13.7. The van der Waals surface area contributed by atoms with E-state index in [0.29, 0.717) is 16.8 Å². The van der Waals surface area contributed by atoms with Crippen molar-refractivity contribution in [2.24, 2.45) is 0 Å². The van der Waals surface area contributed by atoms with Crippen molar-refractivity contribution in [3.05, 3.63) is 24.3 Å². The van der Waals surface area contributed by atoms with Gasteiger partial charge in [-0.2, -0.15) is 0 Å². The van der Waals surface area contributed by atoms with Crippen LogP contribution in [0.4, 0.5) is 5.69 Å². The van der Waals surface area contributed by atoms with Gasteiger partial charge in [-0.05, 0) is 43.5 Å². The highest BCUT2D eigenvalue weighted by molar-refractivity contribution is 7.90. The van der Waals surface area contributed by atoms with E-state index in [0.717, 1.165) is 18.7 Å². The van der Waals surface area contributed by atoms with Crippen molar-refractivity contribution in [3.63, 3.8) is 0 Å². The molecule has 5 heteroatoms. The van der Waals surface area contributed by atoms with Crippen LogP contribution >= 0.6 is 11.6 Å². The van der Waals surface area contributed by atoms with Crippen LogP contribution in [-0.2, 0) is 9.84 Å². The van der Waals surface area contributed by atoms with Crippen molar-refractivity contribution >= 4 is 27.1 Å². The molecule has 2 rings (SSSR count). The number of benzene rings is 1. The zero-order chi connectivity index (χ0) is 13.2. The van der Waals surface area contributed by atoms with E-state index in [2.05, 4.69) is 4.90 Å². The van der Waals surface area contributed by atoms with Crippen molar-refractivity contribution in [1.29, 1.82) is 0 Å². The zero-order valence-electron chi connectivity index (χ0n) is 10.5. The Morgan fingerprint density at radius 2 is 2.00 bits per heavy atom. The van der Waals surface area contributed by atoms with Gasteiger partial charge in [-0.1, -0.05) is 0 Å². The predicted molar refractivity (Wildman–Crippen MR) is 75.3 cm³/mol. The summed E-state index contributed by atoms with van der Waals surface area (Å²) in [5.74, 6) is 0.669. The van der Waals surface area contributed by atoms with Crippen molar-refractivity contribution in [3.8, 4) is 0 Å². The number of alkyl halides is 1. The number of hydrogen-bond acceptors (Lipinski definition) is 3. The molecule has 1 aromatic carbocycles. The van der Waals surface area contributed by atoms with E-state index in [-0.39, 0.29) is 0 Å². The van der Waals surface area contributed by atoms with Crippen molar-refractivity contribution in [2.75, 3.05) is 23.6 Å². The lowest BCUT2D eigenvalue weighted by molar-refractivity contribution is 0.602. The molecule has 0 amide bonds. The molecule has 1 unspecified atom stereocenters. The summed E-state index contributed by atoms with van der Waals surface area (Å²) >= 11 is 5.81. The van der Waals surface area contributed by atoms with E-state index < -0.39 is 9.84 Å². The fourth-order valence-electron chi connectivity index (χ4n) is 2.49. The number of anilines is 1. The summed E-state index contributed by atoms with van der Waals surface area (Å²) in [4.78, 5) is 2.70. The van der Waals surface area contributed by atoms with Gasteiger partial charge in [0.25, 0.3) is 0 Å². The predicted octanol–water partition coefficient (Wildman–Crippen LogP) is 2.69. The number of nitrogens with zero attached hydrogens (tertiary/aromatic N) is 1. The van der Waals surface area contributed by atoms with Crippen LogP contribution in [0.2, 0.25) is 0 Å². The standard InChI is InChI=1S/C13H18ClNO2S/c1-18(16,17)13-6-4-12(5-7-13)15-10-2-3-11(15)8-9-14/h4-7,11H,2-3,8-10H2,1H3. The first-order valence-corrected chi connectivity index (χ1v) is 8.57. The maximum absolute atomic E-state index is 11.4. The lowest BCUT2D eigenvalue weighted by atomic mass is 10.1. The van der Waals surface area contributed by atoms with Gasteiger partial charge in [-0.3, -0.25) is 0 Å². The SMILES string of the molecule is CS(=O)(=O)c1ccc(N2CCCC2CCCl)cc1. The van der Waals surface area contributed by atoms with Crippen LogP contribution < -0.4 is 4.90 Å². The Bertz CT molecular complexity index is 498. The van der Waals surface area contributed by atoms with Crippen molar-refractivity contribution < 1.29 is 8.42 Å². The van der Waals surface area contributed by atoms with Gasteiger partial charge in [0.15, 0.2) is 9.84 Å². The van der Waals surface area contributed by atoms with Crippen LogP contribution in [0.1, 0.15) is 19.3 Å². The van der Waals surface area contributed by atoms with Crippen LogP contribution in [0.25, 0.3) is 0 Å². The normalized spacial score (nSPS) is 20.3. The van der Waals surface area contributed by atoms with Gasteiger partial charge >= 0.3 is 0 Å². The lowest BCUT2D eigenvalue weighted by Crippen LogP contribution is -2.29. The topological polar surface area (TPSA) is 37.4 Å². The fourth-order valence-corrected chi connectivity index (χ4v) is 3.37. The molecule has 1 aliphatic rings. The van der Waals surface area contributed by atoms with E-state index in [9.17, 15) is 8.42 Å². The van der Waals surface area contributed by atoms with Gasteiger partial charge in [0.2, 0.25) is 0 Å². The molecule has 1 aromatic rings.